The summed E-state index contributed by atoms with van der Waals surface area (Å²) in [7, 11) is 0. The van der Waals surface area contributed by atoms with E-state index in [0.717, 1.165) is 25.0 Å². The van der Waals surface area contributed by atoms with Crippen LogP contribution in [0.5, 0.6) is 5.75 Å². The fourth-order valence-corrected chi connectivity index (χ4v) is 1.64. The Morgan fingerprint density at radius 1 is 1.39 bits per heavy atom. The fraction of sp³-hybridized carbons (Fsp3) is 0.417. The van der Waals surface area contributed by atoms with Crippen LogP contribution >= 0.6 is 0 Å². The number of aliphatic hydroxyl groups excluding tert-OH is 1. The van der Waals surface area contributed by atoms with Gasteiger partial charge in [-0.2, -0.15) is 0 Å². The first-order valence-corrected chi connectivity index (χ1v) is 5.45. The Hall–Kier alpha value is -1.56. The van der Waals surface area contributed by atoms with Gasteiger partial charge >= 0.3 is 6.36 Å². The monoisotopic (exact) mass is 260 g/mol. The normalized spacial score (nSPS) is 17.3. The molecule has 18 heavy (non-hydrogen) atoms. The number of alkyl halides is 3. The van der Waals surface area contributed by atoms with Gasteiger partial charge in [-0.05, 0) is 30.9 Å². The summed E-state index contributed by atoms with van der Waals surface area (Å²) >= 11 is 0. The first-order chi connectivity index (χ1) is 8.37. The Bertz CT molecular complexity index is 452. The van der Waals surface area contributed by atoms with Gasteiger partial charge in [0.15, 0.2) is 5.78 Å². The Kier molecular flexibility index (Phi) is 3.30. The lowest BCUT2D eigenvalue weighted by Gasteiger charge is -2.11. The van der Waals surface area contributed by atoms with Gasteiger partial charge in [0.25, 0.3) is 0 Å². The molecule has 1 aliphatic carbocycles. The van der Waals surface area contributed by atoms with E-state index in [-0.39, 0.29) is 11.5 Å². The predicted molar refractivity (Wildman–Crippen MR) is 56.2 cm³/mol. The van der Waals surface area contributed by atoms with Gasteiger partial charge in [-0.25, -0.2) is 0 Å². The number of ketones is 1. The van der Waals surface area contributed by atoms with Crippen LogP contribution in [0.3, 0.4) is 0 Å². The van der Waals surface area contributed by atoms with E-state index in [9.17, 15) is 23.1 Å². The zero-order valence-corrected chi connectivity index (χ0v) is 9.28. The molecular weight excluding hydrogens is 249 g/mol. The quantitative estimate of drug-likeness (QED) is 0.846. The molecule has 6 heteroatoms. The molecule has 0 spiro atoms. The number of hydrogen-bond acceptors (Lipinski definition) is 3. The van der Waals surface area contributed by atoms with E-state index in [4.69, 9.17) is 0 Å². The number of halogens is 3. The van der Waals surface area contributed by atoms with Crippen molar-refractivity contribution in [3.05, 3.63) is 29.8 Å². The van der Waals surface area contributed by atoms with Crippen LogP contribution in [0.1, 0.15) is 23.2 Å². The lowest BCUT2D eigenvalue weighted by Crippen LogP contribution is -2.23. The summed E-state index contributed by atoms with van der Waals surface area (Å²) in [6, 6.07) is 4.74. The molecule has 0 aliphatic heterocycles. The number of rotatable bonds is 4. The van der Waals surface area contributed by atoms with Gasteiger partial charge in [-0.3, -0.25) is 4.79 Å². The van der Waals surface area contributed by atoms with Crippen molar-refractivity contribution in [1.82, 2.24) is 0 Å². The molecule has 0 radical (unpaired) electrons. The van der Waals surface area contributed by atoms with Crippen molar-refractivity contribution >= 4 is 5.78 Å². The summed E-state index contributed by atoms with van der Waals surface area (Å²) in [5, 5.41) is 9.62. The number of carbonyl (C=O) groups is 1. The Labute approximate surface area is 101 Å². The van der Waals surface area contributed by atoms with Crippen LogP contribution in [0.2, 0.25) is 0 Å². The molecule has 1 aromatic rings. The maximum Gasteiger partial charge on any atom is 0.573 e. The average molecular weight is 260 g/mol. The maximum absolute atomic E-state index is 12.0. The van der Waals surface area contributed by atoms with E-state index >= 15 is 0 Å². The average Bonchev–Trinajstić information content (AvgIpc) is 3.09. The van der Waals surface area contributed by atoms with Gasteiger partial charge in [0.2, 0.25) is 0 Å². The van der Waals surface area contributed by atoms with Crippen LogP contribution in [0, 0.1) is 5.92 Å². The number of Topliss-reactive ketones (excluding diaryl/α,β-unsaturated/α-hetero) is 1. The molecule has 1 atom stereocenters. The second-order valence-corrected chi connectivity index (χ2v) is 4.22. The van der Waals surface area contributed by atoms with Crippen molar-refractivity contribution in [1.29, 1.82) is 0 Å². The summed E-state index contributed by atoms with van der Waals surface area (Å²) in [4.78, 5) is 11.8. The molecule has 1 unspecified atom stereocenters. The van der Waals surface area contributed by atoms with Crippen LogP contribution in [-0.2, 0) is 0 Å². The zero-order valence-electron chi connectivity index (χ0n) is 9.28. The number of ether oxygens (including phenoxy) is 1. The van der Waals surface area contributed by atoms with E-state index in [1.165, 1.54) is 12.1 Å². The second-order valence-electron chi connectivity index (χ2n) is 4.22. The van der Waals surface area contributed by atoms with Gasteiger partial charge < -0.3 is 9.84 Å². The third-order valence-electron chi connectivity index (χ3n) is 2.69. The van der Waals surface area contributed by atoms with Crippen LogP contribution in [0.25, 0.3) is 0 Å². The van der Waals surface area contributed by atoms with Gasteiger partial charge in [0.1, 0.15) is 11.9 Å². The van der Waals surface area contributed by atoms with Crippen LogP contribution in [0.4, 0.5) is 13.2 Å². The smallest absolute Gasteiger partial charge is 0.406 e. The van der Waals surface area contributed by atoms with Crippen molar-refractivity contribution in [3.8, 4) is 5.75 Å². The minimum absolute atomic E-state index is 0.0242. The predicted octanol–water partition coefficient (Wildman–Crippen LogP) is 2.54. The molecule has 0 aromatic heterocycles. The number of aliphatic hydroxyl groups is 1. The highest BCUT2D eigenvalue weighted by atomic mass is 19.4. The highest BCUT2D eigenvalue weighted by Crippen LogP contribution is 2.34. The van der Waals surface area contributed by atoms with Gasteiger partial charge in [0, 0.05) is 5.56 Å². The first-order valence-electron chi connectivity index (χ1n) is 5.45. The molecule has 0 heterocycles. The zero-order chi connectivity index (χ0) is 13.3. The minimum atomic E-state index is -4.79. The summed E-state index contributed by atoms with van der Waals surface area (Å²) in [5.41, 5.74) is 0.0242. The van der Waals surface area contributed by atoms with Gasteiger partial charge in [-0.1, -0.05) is 12.1 Å². The van der Waals surface area contributed by atoms with Crippen LogP contribution in [-0.4, -0.2) is 23.4 Å². The third-order valence-corrected chi connectivity index (χ3v) is 2.69. The largest absolute Gasteiger partial charge is 0.573 e. The van der Waals surface area contributed by atoms with E-state index in [0.29, 0.717) is 0 Å². The van der Waals surface area contributed by atoms with Crippen molar-refractivity contribution in [2.75, 3.05) is 0 Å². The van der Waals surface area contributed by atoms with Crippen molar-refractivity contribution in [2.45, 2.75) is 25.3 Å². The van der Waals surface area contributed by atoms with E-state index < -0.39 is 24.0 Å². The van der Waals surface area contributed by atoms with Crippen LogP contribution in [0.15, 0.2) is 24.3 Å². The Balaban J connectivity index is 2.13. The lowest BCUT2D eigenvalue weighted by molar-refractivity contribution is -0.274. The molecule has 1 aliphatic rings. The number of benzene rings is 1. The summed E-state index contributed by atoms with van der Waals surface area (Å²) in [6.07, 6.45) is -4.39. The van der Waals surface area contributed by atoms with Crippen LogP contribution < -0.4 is 4.74 Å². The standard InChI is InChI=1S/C12H11F3O3/c13-12(14,15)18-9-3-1-2-8(6-9)11(17)10(16)7-4-5-7/h1-3,6-7,10,16H,4-5H2. The summed E-state index contributed by atoms with van der Waals surface area (Å²) in [5.74, 6) is -1.09. The van der Waals surface area contributed by atoms with E-state index in [1.807, 2.05) is 0 Å². The Morgan fingerprint density at radius 2 is 2.06 bits per heavy atom. The molecule has 98 valence electrons. The van der Waals surface area contributed by atoms with Gasteiger partial charge in [-0.15, -0.1) is 13.2 Å². The maximum atomic E-state index is 12.0. The lowest BCUT2D eigenvalue weighted by atomic mass is 10.0. The molecule has 0 bridgehead atoms. The molecule has 1 aromatic carbocycles. The van der Waals surface area contributed by atoms with Gasteiger partial charge in [0.05, 0.1) is 0 Å². The number of carbonyl (C=O) groups excluding carboxylic acids is 1. The SMILES string of the molecule is O=C(c1cccc(OC(F)(F)F)c1)C(O)C1CC1. The fourth-order valence-electron chi connectivity index (χ4n) is 1.64. The van der Waals surface area contributed by atoms with E-state index in [1.54, 1.807) is 0 Å². The first kappa shape index (κ1) is 12.9. The summed E-state index contributed by atoms with van der Waals surface area (Å²) < 4.78 is 39.8. The molecular formula is C12H11F3O3. The second kappa shape index (κ2) is 4.61. The minimum Gasteiger partial charge on any atom is -0.406 e. The molecule has 3 nitrogen and oxygen atoms in total. The molecule has 1 saturated carbocycles. The molecule has 0 saturated heterocycles. The summed E-state index contributed by atoms with van der Waals surface area (Å²) in [6.45, 7) is 0. The third kappa shape index (κ3) is 3.22. The van der Waals surface area contributed by atoms with Crippen molar-refractivity contribution in [2.24, 2.45) is 5.92 Å². The van der Waals surface area contributed by atoms with Crippen molar-refractivity contribution < 1.29 is 27.8 Å². The molecule has 1 N–H and O–H groups in total. The topological polar surface area (TPSA) is 46.5 Å². The van der Waals surface area contributed by atoms with E-state index in [2.05, 4.69) is 4.74 Å². The number of hydrogen-bond donors (Lipinski definition) is 1. The highest BCUT2D eigenvalue weighted by molar-refractivity contribution is 6.00. The molecule has 2 rings (SSSR count). The molecule has 0 amide bonds. The Morgan fingerprint density at radius 3 is 2.61 bits per heavy atom. The highest BCUT2D eigenvalue weighted by Gasteiger charge is 2.35. The van der Waals surface area contributed by atoms with Crippen molar-refractivity contribution in [3.63, 3.8) is 0 Å². The molecule has 1 fully saturated rings.